The molecule has 0 radical (unpaired) electrons. The van der Waals surface area contributed by atoms with E-state index in [0.717, 1.165) is 17.5 Å². The van der Waals surface area contributed by atoms with Gasteiger partial charge in [0.05, 0.1) is 17.6 Å². The second-order valence-corrected chi connectivity index (χ2v) is 8.23. The standard InChI is InChI=1S/C21H22FN3O2S/c22-19-8-6-18(7-9-19)12-14-23-21-11-10-20(16-24-21)25-28(26,27)15-13-17-4-2-1-3-5-17/h1-11,16,25H,12-15H2,(H,23,24). The van der Waals surface area contributed by atoms with E-state index in [4.69, 9.17) is 0 Å². The van der Waals surface area contributed by atoms with Crippen LogP contribution in [-0.4, -0.2) is 25.7 Å². The highest BCUT2D eigenvalue weighted by Gasteiger charge is 2.11. The molecule has 0 unspecified atom stereocenters. The average molecular weight is 399 g/mol. The van der Waals surface area contributed by atoms with Gasteiger partial charge in [-0.3, -0.25) is 4.72 Å². The van der Waals surface area contributed by atoms with Gasteiger partial charge in [-0.15, -0.1) is 0 Å². The number of hydrogen-bond acceptors (Lipinski definition) is 4. The molecule has 2 aromatic carbocycles. The highest BCUT2D eigenvalue weighted by Crippen LogP contribution is 2.13. The summed E-state index contributed by atoms with van der Waals surface area (Å²) in [6.45, 7) is 0.640. The van der Waals surface area contributed by atoms with Crippen LogP contribution in [0.15, 0.2) is 72.9 Å². The van der Waals surface area contributed by atoms with Crippen LogP contribution in [0.5, 0.6) is 0 Å². The van der Waals surface area contributed by atoms with Crippen molar-refractivity contribution in [3.63, 3.8) is 0 Å². The number of nitrogens with zero attached hydrogens (tertiary/aromatic N) is 1. The van der Waals surface area contributed by atoms with Crippen molar-refractivity contribution in [2.24, 2.45) is 0 Å². The lowest BCUT2D eigenvalue weighted by atomic mass is 10.1. The Morgan fingerprint density at radius 2 is 1.57 bits per heavy atom. The van der Waals surface area contributed by atoms with Gasteiger partial charge >= 0.3 is 0 Å². The van der Waals surface area contributed by atoms with Crippen LogP contribution in [0.4, 0.5) is 15.9 Å². The minimum absolute atomic E-state index is 0.00862. The van der Waals surface area contributed by atoms with Crippen molar-refractivity contribution in [2.45, 2.75) is 12.8 Å². The van der Waals surface area contributed by atoms with Crippen molar-refractivity contribution >= 4 is 21.5 Å². The summed E-state index contributed by atoms with van der Waals surface area (Å²) in [7, 11) is -3.44. The quantitative estimate of drug-likeness (QED) is 0.573. The molecule has 0 spiro atoms. The summed E-state index contributed by atoms with van der Waals surface area (Å²) < 4.78 is 39.9. The number of benzene rings is 2. The highest BCUT2D eigenvalue weighted by molar-refractivity contribution is 7.92. The van der Waals surface area contributed by atoms with Crippen LogP contribution in [0.3, 0.4) is 0 Å². The number of pyridine rings is 1. The van der Waals surface area contributed by atoms with Crippen molar-refractivity contribution in [3.05, 3.63) is 89.9 Å². The zero-order valence-corrected chi connectivity index (χ0v) is 16.1. The first-order valence-corrected chi connectivity index (χ1v) is 10.6. The number of aromatic nitrogens is 1. The summed E-state index contributed by atoms with van der Waals surface area (Å²) >= 11 is 0. The molecule has 0 amide bonds. The number of anilines is 2. The third kappa shape index (κ3) is 6.35. The number of sulfonamides is 1. The van der Waals surface area contributed by atoms with Crippen molar-refractivity contribution in [3.8, 4) is 0 Å². The maximum absolute atomic E-state index is 12.9. The Kier molecular flexibility index (Phi) is 6.60. The maximum Gasteiger partial charge on any atom is 0.233 e. The van der Waals surface area contributed by atoms with Crippen LogP contribution in [0.1, 0.15) is 11.1 Å². The van der Waals surface area contributed by atoms with E-state index in [-0.39, 0.29) is 11.6 Å². The van der Waals surface area contributed by atoms with Gasteiger partial charge in [0.15, 0.2) is 0 Å². The predicted octanol–water partition coefficient (Wildman–Crippen LogP) is 3.86. The van der Waals surface area contributed by atoms with Gasteiger partial charge in [0.1, 0.15) is 11.6 Å². The molecule has 2 N–H and O–H groups in total. The average Bonchev–Trinajstić information content (AvgIpc) is 2.70. The lowest BCUT2D eigenvalue weighted by Crippen LogP contribution is -2.18. The largest absolute Gasteiger partial charge is 0.370 e. The molecule has 0 fully saturated rings. The fourth-order valence-corrected chi connectivity index (χ4v) is 3.76. The molecule has 1 heterocycles. The molecule has 0 saturated heterocycles. The van der Waals surface area contributed by atoms with E-state index in [1.165, 1.54) is 18.3 Å². The zero-order chi connectivity index (χ0) is 19.8. The van der Waals surface area contributed by atoms with E-state index in [1.807, 2.05) is 30.3 Å². The van der Waals surface area contributed by atoms with Crippen molar-refractivity contribution in [2.75, 3.05) is 22.3 Å². The Morgan fingerprint density at radius 1 is 0.857 bits per heavy atom. The first-order valence-electron chi connectivity index (χ1n) is 8.99. The first-order chi connectivity index (χ1) is 13.5. The lowest BCUT2D eigenvalue weighted by molar-refractivity contribution is 0.600. The monoisotopic (exact) mass is 399 g/mol. The van der Waals surface area contributed by atoms with Gasteiger partial charge in [0.2, 0.25) is 10.0 Å². The zero-order valence-electron chi connectivity index (χ0n) is 15.3. The van der Waals surface area contributed by atoms with Crippen molar-refractivity contribution < 1.29 is 12.8 Å². The Labute approximate surface area is 164 Å². The molecule has 0 bridgehead atoms. The van der Waals surface area contributed by atoms with Crippen molar-refractivity contribution in [1.82, 2.24) is 4.98 Å². The van der Waals surface area contributed by atoms with E-state index in [9.17, 15) is 12.8 Å². The normalized spacial score (nSPS) is 11.2. The molecule has 0 saturated carbocycles. The number of hydrogen-bond donors (Lipinski definition) is 2. The van der Waals surface area contributed by atoms with Crippen LogP contribution in [0.2, 0.25) is 0 Å². The minimum atomic E-state index is -3.44. The summed E-state index contributed by atoms with van der Waals surface area (Å²) in [5.41, 5.74) is 2.43. The van der Waals surface area contributed by atoms with Gasteiger partial charge in [-0.25, -0.2) is 17.8 Å². The third-order valence-corrected chi connectivity index (χ3v) is 5.46. The molecule has 146 valence electrons. The summed E-state index contributed by atoms with van der Waals surface area (Å²) in [6, 6.07) is 19.3. The second-order valence-electron chi connectivity index (χ2n) is 6.39. The lowest BCUT2D eigenvalue weighted by Gasteiger charge is -2.09. The van der Waals surface area contributed by atoms with E-state index in [0.29, 0.717) is 24.5 Å². The van der Waals surface area contributed by atoms with E-state index >= 15 is 0 Å². The summed E-state index contributed by atoms with van der Waals surface area (Å²) in [5.74, 6) is 0.406. The van der Waals surface area contributed by atoms with Gasteiger partial charge in [-0.05, 0) is 48.2 Å². The van der Waals surface area contributed by atoms with Crippen LogP contribution < -0.4 is 10.0 Å². The molecule has 7 heteroatoms. The van der Waals surface area contributed by atoms with Crippen LogP contribution in [-0.2, 0) is 22.9 Å². The van der Waals surface area contributed by atoms with Crippen molar-refractivity contribution in [1.29, 1.82) is 0 Å². The molecule has 0 aliphatic heterocycles. The molecule has 3 aromatic rings. The smallest absolute Gasteiger partial charge is 0.233 e. The highest BCUT2D eigenvalue weighted by atomic mass is 32.2. The molecule has 0 aliphatic carbocycles. The molecule has 0 aliphatic rings. The van der Waals surface area contributed by atoms with Crippen LogP contribution in [0.25, 0.3) is 0 Å². The maximum atomic E-state index is 12.9. The fourth-order valence-electron chi connectivity index (χ4n) is 2.67. The van der Waals surface area contributed by atoms with Gasteiger partial charge in [-0.1, -0.05) is 42.5 Å². The molecule has 5 nitrogen and oxygen atoms in total. The molecular weight excluding hydrogens is 377 g/mol. The number of nitrogens with one attached hydrogen (secondary N) is 2. The van der Waals surface area contributed by atoms with Gasteiger partial charge < -0.3 is 5.32 Å². The van der Waals surface area contributed by atoms with E-state index in [2.05, 4.69) is 15.0 Å². The summed E-state index contributed by atoms with van der Waals surface area (Å²) in [6.07, 6.45) is 2.67. The first kappa shape index (κ1) is 19.8. The second kappa shape index (κ2) is 9.32. The van der Waals surface area contributed by atoms with E-state index in [1.54, 1.807) is 24.3 Å². The minimum Gasteiger partial charge on any atom is -0.370 e. The Balaban J connectivity index is 1.47. The predicted molar refractivity (Wildman–Crippen MR) is 110 cm³/mol. The summed E-state index contributed by atoms with van der Waals surface area (Å²) in [5, 5.41) is 3.16. The molecule has 1 aromatic heterocycles. The van der Waals surface area contributed by atoms with Gasteiger partial charge in [0.25, 0.3) is 0 Å². The van der Waals surface area contributed by atoms with Crippen LogP contribution >= 0.6 is 0 Å². The van der Waals surface area contributed by atoms with Gasteiger partial charge in [-0.2, -0.15) is 0 Å². The van der Waals surface area contributed by atoms with E-state index < -0.39 is 10.0 Å². The molecule has 0 atom stereocenters. The molecule has 28 heavy (non-hydrogen) atoms. The van der Waals surface area contributed by atoms with Gasteiger partial charge in [0, 0.05) is 6.54 Å². The number of rotatable bonds is 9. The fraction of sp³-hybridized carbons (Fsp3) is 0.190. The Morgan fingerprint density at radius 3 is 2.25 bits per heavy atom. The Bertz CT molecular complexity index is 976. The topological polar surface area (TPSA) is 71.1 Å². The molecule has 3 rings (SSSR count). The third-order valence-electron chi connectivity index (χ3n) is 4.17. The number of aryl methyl sites for hydroxylation is 1. The Hall–Kier alpha value is -2.93. The SMILES string of the molecule is O=S(=O)(CCc1ccccc1)Nc1ccc(NCCc2ccc(F)cc2)nc1. The summed E-state index contributed by atoms with van der Waals surface area (Å²) in [4.78, 5) is 4.23. The van der Waals surface area contributed by atoms with Crippen LogP contribution in [0, 0.1) is 5.82 Å². The number of halogens is 1. The molecular formula is C21H22FN3O2S.